The monoisotopic (exact) mass is 277 g/mol. The molecule has 0 aliphatic rings. The van der Waals surface area contributed by atoms with Crippen molar-refractivity contribution in [1.29, 1.82) is 0 Å². The zero-order valence-electron chi connectivity index (χ0n) is 12.6. The van der Waals surface area contributed by atoms with Crippen molar-refractivity contribution in [3.8, 4) is 0 Å². The maximum Gasteiger partial charge on any atom is 0.329 e. The molecule has 0 saturated carbocycles. The molecular weight excluding hydrogens is 254 g/mol. The van der Waals surface area contributed by atoms with E-state index in [2.05, 4.69) is 19.1 Å². The summed E-state index contributed by atoms with van der Waals surface area (Å²) in [7, 11) is 1.54. The number of nitrogens with zero attached hydrogens (tertiary/aromatic N) is 1. The van der Waals surface area contributed by atoms with E-state index in [-0.39, 0.29) is 5.91 Å². The van der Waals surface area contributed by atoms with Crippen molar-refractivity contribution in [3.05, 3.63) is 35.4 Å². The Hall–Kier alpha value is -1.84. The van der Waals surface area contributed by atoms with Gasteiger partial charge >= 0.3 is 5.97 Å². The van der Waals surface area contributed by atoms with E-state index < -0.39 is 11.5 Å². The minimum atomic E-state index is -1.18. The average Bonchev–Trinajstić information content (AvgIpc) is 2.44. The molecule has 0 atom stereocenters. The van der Waals surface area contributed by atoms with E-state index in [0.717, 1.165) is 12.0 Å². The van der Waals surface area contributed by atoms with Crippen LogP contribution in [0.15, 0.2) is 24.3 Å². The highest BCUT2D eigenvalue weighted by molar-refractivity contribution is 5.86. The molecule has 0 unspecified atom stereocenters. The lowest BCUT2D eigenvalue weighted by Gasteiger charge is -2.31. The number of aliphatic carboxylic acids is 1. The first-order valence-corrected chi connectivity index (χ1v) is 6.87. The number of carbonyl (C=O) groups is 2. The molecule has 0 aliphatic heterocycles. The van der Waals surface area contributed by atoms with Crippen LogP contribution in [-0.2, 0) is 22.4 Å². The summed E-state index contributed by atoms with van der Waals surface area (Å²) < 4.78 is 0. The van der Waals surface area contributed by atoms with E-state index in [1.807, 2.05) is 12.1 Å². The molecule has 0 radical (unpaired) electrons. The van der Waals surface area contributed by atoms with Crippen LogP contribution in [0.3, 0.4) is 0 Å². The van der Waals surface area contributed by atoms with Crippen LogP contribution in [-0.4, -0.2) is 34.5 Å². The van der Waals surface area contributed by atoms with Crippen LogP contribution in [0, 0.1) is 0 Å². The number of carboxylic acid groups (broad SMARTS) is 1. The highest BCUT2D eigenvalue weighted by Crippen LogP contribution is 2.15. The summed E-state index contributed by atoms with van der Waals surface area (Å²) in [4.78, 5) is 24.5. The topological polar surface area (TPSA) is 57.6 Å². The molecule has 0 spiro atoms. The first kappa shape index (κ1) is 16.2. The van der Waals surface area contributed by atoms with E-state index in [1.54, 1.807) is 0 Å². The third kappa shape index (κ3) is 3.83. The maximum absolute atomic E-state index is 12.1. The number of amides is 1. The summed E-state index contributed by atoms with van der Waals surface area (Å²) in [6, 6.07) is 8.17. The average molecular weight is 277 g/mol. The minimum Gasteiger partial charge on any atom is -0.480 e. The maximum atomic E-state index is 12.1. The molecule has 20 heavy (non-hydrogen) atoms. The van der Waals surface area contributed by atoms with Gasteiger partial charge in [0.25, 0.3) is 0 Å². The van der Waals surface area contributed by atoms with Gasteiger partial charge in [-0.15, -0.1) is 0 Å². The van der Waals surface area contributed by atoms with Crippen LogP contribution in [0.5, 0.6) is 0 Å². The Kier molecular flexibility index (Phi) is 5.31. The summed E-state index contributed by atoms with van der Waals surface area (Å²) >= 11 is 0. The molecule has 0 fully saturated rings. The fraction of sp³-hybridized carbons (Fsp3) is 0.500. The number of rotatable bonds is 6. The molecule has 0 aromatic heterocycles. The van der Waals surface area contributed by atoms with Crippen LogP contribution in [0.2, 0.25) is 0 Å². The minimum absolute atomic E-state index is 0.156. The Labute approximate surface area is 120 Å². The number of likely N-dealkylation sites (N-methyl/N-ethyl adjacent to an activating group) is 1. The normalized spacial score (nSPS) is 11.2. The van der Waals surface area contributed by atoms with Gasteiger partial charge in [-0.2, -0.15) is 0 Å². The van der Waals surface area contributed by atoms with Crippen molar-refractivity contribution in [1.82, 2.24) is 4.90 Å². The van der Waals surface area contributed by atoms with Crippen molar-refractivity contribution in [2.75, 3.05) is 7.05 Å². The first-order chi connectivity index (χ1) is 9.28. The Morgan fingerprint density at radius 3 is 2.10 bits per heavy atom. The molecule has 110 valence electrons. The highest BCUT2D eigenvalue weighted by Gasteiger charge is 2.34. The van der Waals surface area contributed by atoms with Gasteiger partial charge in [0.1, 0.15) is 5.54 Å². The highest BCUT2D eigenvalue weighted by atomic mass is 16.4. The van der Waals surface area contributed by atoms with Crippen LogP contribution < -0.4 is 0 Å². The second-order valence-electron chi connectivity index (χ2n) is 5.49. The largest absolute Gasteiger partial charge is 0.480 e. The molecule has 1 rings (SSSR count). The molecule has 0 bridgehead atoms. The summed E-state index contributed by atoms with van der Waals surface area (Å²) in [6.07, 6.45) is 1.94. The molecule has 0 aliphatic carbocycles. The van der Waals surface area contributed by atoms with Gasteiger partial charge < -0.3 is 10.0 Å². The molecule has 1 N–H and O–H groups in total. The Balaban J connectivity index is 2.60. The summed E-state index contributed by atoms with van der Waals surface area (Å²) in [6.45, 7) is 5.16. The van der Waals surface area contributed by atoms with Crippen LogP contribution in [0.25, 0.3) is 0 Å². The van der Waals surface area contributed by atoms with Crippen LogP contribution in [0.4, 0.5) is 0 Å². The Morgan fingerprint density at radius 2 is 1.65 bits per heavy atom. The number of benzene rings is 1. The summed E-state index contributed by atoms with van der Waals surface area (Å²) in [5.74, 6) is -1.15. The van der Waals surface area contributed by atoms with Crippen molar-refractivity contribution >= 4 is 11.9 Å². The Bertz CT molecular complexity index is 477. The number of hydrogen-bond donors (Lipinski definition) is 1. The lowest BCUT2D eigenvalue weighted by molar-refractivity contribution is -0.155. The van der Waals surface area contributed by atoms with Gasteiger partial charge in [0.05, 0.1) is 0 Å². The lowest BCUT2D eigenvalue weighted by atomic mass is 10.0. The first-order valence-electron chi connectivity index (χ1n) is 6.87. The van der Waals surface area contributed by atoms with Gasteiger partial charge in [-0.3, -0.25) is 4.79 Å². The molecule has 0 saturated heterocycles. The second kappa shape index (κ2) is 6.55. The zero-order chi connectivity index (χ0) is 15.3. The van der Waals surface area contributed by atoms with Crippen molar-refractivity contribution in [3.63, 3.8) is 0 Å². The van der Waals surface area contributed by atoms with Gasteiger partial charge in [-0.05, 0) is 37.8 Å². The zero-order valence-corrected chi connectivity index (χ0v) is 12.6. The van der Waals surface area contributed by atoms with Gasteiger partial charge in [0, 0.05) is 13.5 Å². The molecule has 4 heteroatoms. The van der Waals surface area contributed by atoms with Crippen molar-refractivity contribution < 1.29 is 14.7 Å². The lowest BCUT2D eigenvalue weighted by Crippen LogP contribution is -2.50. The molecule has 0 heterocycles. The number of hydrogen-bond acceptors (Lipinski definition) is 2. The van der Waals surface area contributed by atoms with E-state index >= 15 is 0 Å². The predicted octanol–water partition coefficient (Wildman–Crippen LogP) is 2.50. The number of aryl methyl sites for hydroxylation is 2. The quantitative estimate of drug-likeness (QED) is 0.869. The van der Waals surface area contributed by atoms with Gasteiger partial charge in [-0.25, -0.2) is 4.79 Å². The summed E-state index contributed by atoms with van der Waals surface area (Å²) in [5, 5.41) is 9.11. The molecule has 1 aromatic rings. The fourth-order valence-electron chi connectivity index (χ4n) is 1.82. The molecule has 1 amide bonds. The van der Waals surface area contributed by atoms with Gasteiger partial charge in [-0.1, -0.05) is 31.2 Å². The molecule has 1 aromatic carbocycles. The number of carboxylic acids is 1. The third-order valence-corrected chi connectivity index (χ3v) is 3.79. The SMILES string of the molecule is CCc1ccc(CCC(=O)N(C)C(C)(C)C(=O)O)cc1. The van der Waals surface area contributed by atoms with Gasteiger partial charge in [0.15, 0.2) is 0 Å². The van der Waals surface area contributed by atoms with E-state index in [9.17, 15) is 9.59 Å². The number of carbonyl (C=O) groups excluding carboxylic acids is 1. The molecular formula is C16H23NO3. The predicted molar refractivity (Wildman–Crippen MR) is 78.6 cm³/mol. The van der Waals surface area contributed by atoms with Crippen LogP contribution >= 0.6 is 0 Å². The van der Waals surface area contributed by atoms with E-state index in [1.165, 1.54) is 31.4 Å². The smallest absolute Gasteiger partial charge is 0.329 e. The van der Waals surface area contributed by atoms with E-state index in [0.29, 0.717) is 12.8 Å². The van der Waals surface area contributed by atoms with Gasteiger partial charge in [0.2, 0.25) is 5.91 Å². The van der Waals surface area contributed by atoms with Crippen molar-refractivity contribution in [2.24, 2.45) is 0 Å². The standard InChI is InChI=1S/C16H23NO3/c1-5-12-6-8-13(9-7-12)10-11-14(18)17(4)16(2,3)15(19)20/h6-9H,5,10-11H2,1-4H3,(H,19,20). The Morgan fingerprint density at radius 1 is 1.15 bits per heavy atom. The van der Waals surface area contributed by atoms with E-state index in [4.69, 9.17) is 5.11 Å². The fourth-order valence-corrected chi connectivity index (χ4v) is 1.82. The second-order valence-corrected chi connectivity index (χ2v) is 5.49. The molecule has 4 nitrogen and oxygen atoms in total. The summed E-state index contributed by atoms with van der Waals surface area (Å²) in [5.41, 5.74) is 1.18. The third-order valence-electron chi connectivity index (χ3n) is 3.79. The van der Waals surface area contributed by atoms with Crippen molar-refractivity contribution in [2.45, 2.75) is 45.6 Å². The van der Waals surface area contributed by atoms with Crippen LogP contribution in [0.1, 0.15) is 38.3 Å².